The Morgan fingerprint density at radius 1 is 1.12 bits per heavy atom. The molecule has 0 radical (unpaired) electrons. The Balaban J connectivity index is 1.70. The third-order valence-electron chi connectivity index (χ3n) is 3.36. The first kappa shape index (κ1) is 17.4. The van der Waals surface area contributed by atoms with Crippen LogP contribution in [0.2, 0.25) is 10.0 Å². The van der Waals surface area contributed by atoms with E-state index < -0.39 is 17.5 Å². The number of carbonyl (C=O) groups excluding carboxylic acids is 1. The maximum Gasteiger partial charge on any atom is 0.253 e. The molecular weight excluding hydrogens is 373 g/mol. The number of aromatic nitrogens is 1. The van der Waals surface area contributed by atoms with Gasteiger partial charge in [-0.25, -0.2) is 8.78 Å². The molecule has 0 saturated carbocycles. The Kier molecular flexibility index (Phi) is 5.01. The van der Waals surface area contributed by atoms with Crippen molar-refractivity contribution in [3.05, 3.63) is 75.4 Å². The molecule has 0 bridgehead atoms. The summed E-state index contributed by atoms with van der Waals surface area (Å²) in [6, 6.07) is 9.09. The van der Waals surface area contributed by atoms with E-state index in [1.165, 1.54) is 24.3 Å². The van der Waals surface area contributed by atoms with E-state index in [2.05, 4.69) is 10.5 Å². The zero-order valence-electron chi connectivity index (χ0n) is 12.5. The van der Waals surface area contributed by atoms with E-state index in [4.69, 9.17) is 27.7 Å². The van der Waals surface area contributed by atoms with Gasteiger partial charge in [0.1, 0.15) is 17.3 Å². The monoisotopic (exact) mass is 382 g/mol. The van der Waals surface area contributed by atoms with Gasteiger partial charge in [-0.2, -0.15) is 0 Å². The van der Waals surface area contributed by atoms with Crippen LogP contribution in [0.15, 0.2) is 47.0 Å². The van der Waals surface area contributed by atoms with E-state index in [1.807, 2.05) is 0 Å². The Hall–Kier alpha value is -2.44. The van der Waals surface area contributed by atoms with Gasteiger partial charge in [0.25, 0.3) is 5.91 Å². The number of rotatable bonds is 4. The number of nitrogens with zero attached hydrogens (tertiary/aromatic N) is 1. The number of amides is 1. The molecule has 0 aliphatic rings. The summed E-state index contributed by atoms with van der Waals surface area (Å²) in [6.45, 7) is 0.0457. The van der Waals surface area contributed by atoms with Crippen LogP contribution in [-0.2, 0) is 6.54 Å². The number of halogens is 4. The lowest BCUT2D eigenvalue weighted by Crippen LogP contribution is -2.23. The molecule has 3 aromatic rings. The fourth-order valence-corrected chi connectivity index (χ4v) is 2.65. The first-order valence-corrected chi connectivity index (χ1v) is 7.84. The van der Waals surface area contributed by atoms with Crippen LogP contribution in [0.1, 0.15) is 16.1 Å². The van der Waals surface area contributed by atoms with Crippen LogP contribution in [0, 0.1) is 11.6 Å². The molecule has 0 fully saturated rings. The fourth-order valence-electron chi connectivity index (χ4n) is 2.15. The quantitative estimate of drug-likeness (QED) is 0.700. The van der Waals surface area contributed by atoms with Gasteiger partial charge in [0.2, 0.25) is 0 Å². The lowest BCUT2D eigenvalue weighted by molar-refractivity contribution is 0.0950. The third kappa shape index (κ3) is 3.97. The van der Waals surface area contributed by atoms with Crippen molar-refractivity contribution in [1.82, 2.24) is 10.5 Å². The predicted octanol–water partition coefficient (Wildman–Crippen LogP) is 4.86. The van der Waals surface area contributed by atoms with Gasteiger partial charge in [0.15, 0.2) is 5.76 Å². The number of benzene rings is 2. The fraction of sp³-hybridized carbons (Fsp3) is 0.0588. The van der Waals surface area contributed by atoms with Gasteiger partial charge in [-0.05, 0) is 30.3 Å². The molecule has 2 aromatic carbocycles. The summed E-state index contributed by atoms with van der Waals surface area (Å²) < 4.78 is 31.7. The van der Waals surface area contributed by atoms with Crippen molar-refractivity contribution < 1.29 is 18.1 Å². The molecule has 0 unspecified atom stereocenters. The topological polar surface area (TPSA) is 55.1 Å². The minimum Gasteiger partial charge on any atom is -0.356 e. The van der Waals surface area contributed by atoms with Crippen LogP contribution < -0.4 is 5.32 Å². The van der Waals surface area contributed by atoms with Crippen LogP contribution in [-0.4, -0.2) is 11.1 Å². The average Bonchev–Trinajstić information content (AvgIpc) is 3.01. The summed E-state index contributed by atoms with van der Waals surface area (Å²) >= 11 is 11.8. The minimum atomic E-state index is -0.764. The number of hydrogen-bond acceptors (Lipinski definition) is 3. The maximum atomic E-state index is 13.7. The van der Waals surface area contributed by atoms with Gasteiger partial charge in [-0.3, -0.25) is 4.79 Å². The van der Waals surface area contributed by atoms with Crippen LogP contribution in [0.5, 0.6) is 0 Å². The molecule has 0 saturated heterocycles. The Bertz CT molecular complexity index is 944. The molecule has 0 aliphatic carbocycles. The van der Waals surface area contributed by atoms with Crippen molar-refractivity contribution >= 4 is 29.1 Å². The zero-order chi connectivity index (χ0) is 18.0. The van der Waals surface area contributed by atoms with Gasteiger partial charge >= 0.3 is 0 Å². The molecular formula is C17H10Cl2F2N2O2. The highest BCUT2D eigenvalue weighted by molar-refractivity contribution is 6.36. The summed E-state index contributed by atoms with van der Waals surface area (Å²) in [5.74, 6) is -1.74. The first-order chi connectivity index (χ1) is 11.9. The summed E-state index contributed by atoms with van der Waals surface area (Å²) in [5, 5.41) is 7.02. The molecule has 1 aromatic heterocycles. The molecule has 128 valence electrons. The lowest BCUT2D eigenvalue weighted by atomic mass is 10.1. The maximum absolute atomic E-state index is 13.7. The van der Waals surface area contributed by atoms with Crippen LogP contribution in [0.3, 0.4) is 0 Å². The van der Waals surface area contributed by atoms with E-state index in [-0.39, 0.29) is 28.5 Å². The Morgan fingerprint density at radius 3 is 2.64 bits per heavy atom. The molecule has 1 heterocycles. The SMILES string of the molecule is O=C(NCc1cc(-c2ccc(F)cc2F)on1)c1ccc(Cl)cc1Cl. The summed E-state index contributed by atoms with van der Waals surface area (Å²) in [6.07, 6.45) is 0. The smallest absolute Gasteiger partial charge is 0.253 e. The van der Waals surface area contributed by atoms with E-state index in [0.29, 0.717) is 10.7 Å². The van der Waals surface area contributed by atoms with E-state index in [0.717, 1.165) is 12.1 Å². The van der Waals surface area contributed by atoms with E-state index in [9.17, 15) is 13.6 Å². The predicted molar refractivity (Wildman–Crippen MR) is 89.5 cm³/mol. The molecule has 4 nitrogen and oxygen atoms in total. The van der Waals surface area contributed by atoms with Crippen molar-refractivity contribution in [3.8, 4) is 11.3 Å². The summed E-state index contributed by atoms with van der Waals surface area (Å²) in [4.78, 5) is 12.1. The minimum absolute atomic E-state index is 0.0457. The van der Waals surface area contributed by atoms with Crippen molar-refractivity contribution in [2.45, 2.75) is 6.54 Å². The highest BCUT2D eigenvalue weighted by atomic mass is 35.5. The summed E-state index contributed by atoms with van der Waals surface area (Å²) in [5.41, 5.74) is 0.712. The molecule has 25 heavy (non-hydrogen) atoms. The van der Waals surface area contributed by atoms with Crippen molar-refractivity contribution in [1.29, 1.82) is 0 Å². The van der Waals surface area contributed by atoms with Gasteiger partial charge in [-0.15, -0.1) is 0 Å². The molecule has 0 atom stereocenters. The molecule has 8 heteroatoms. The second-order valence-corrected chi connectivity index (χ2v) is 5.96. The normalized spacial score (nSPS) is 10.7. The average molecular weight is 383 g/mol. The number of carbonyl (C=O) groups is 1. The van der Waals surface area contributed by atoms with Gasteiger partial charge in [0, 0.05) is 17.2 Å². The largest absolute Gasteiger partial charge is 0.356 e. The highest BCUT2D eigenvalue weighted by Gasteiger charge is 2.14. The van der Waals surface area contributed by atoms with Crippen molar-refractivity contribution in [2.75, 3.05) is 0 Å². The van der Waals surface area contributed by atoms with Crippen molar-refractivity contribution in [2.24, 2.45) is 0 Å². The molecule has 1 amide bonds. The van der Waals surface area contributed by atoms with Gasteiger partial charge in [-0.1, -0.05) is 28.4 Å². The number of nitrogens with one attached hydrogen (secondary N) is 1. The highest BCUT2D eigenvalue weighted by Crippen LogP contribution is 2.24. The van der Waals surface area contributed by atoms with Crippen LogP contribution >= 0.6 is 23.2 Å². The molecule has 1 N–H and O–H groups in total. The van der Waals surface area contributed by atoms with Gasteiger partial charge < -0.3 is 9.84 Å². The van der Waals surface area contributed by atoms with E-state index in [1.54, 1.807) is 6.07 Å². The molecule has 0 spiro atoms. The lowest BCUT2D eigenvalue weighted by Gasteiger charge is -2.05. The Labute approximate surface area is 151 Å². The Morgan fingerprint density at radius 2 is 1.92 bits per heavy atom. The standard InChI is InChI=1S/C17H10Cl2F2N2O2/c18-9-1-3-12(14(19)5-9)17(24)22-8-11-7-16(25-23-11)13-4-2-10(20)6-15(13)21/h1-7H,8H2,(H,22,24). The summed E-state index contributed by atoms with van der Waals surface area (Å²) in [7, 11) is 0. The van der Waals surface area contributed by atoms with Crippen LogP contribution in [0.25, 0.3) is 11.3 Å². The third-order valence-corrected chi connectivity index (χ3v) is 3.91. The van der Waals surface area contributed by atoms with Crippen LogP contribution in [0.4, 0.5) is 8.78 Å². The second-order valence-electron chi connectivity index (χ2n) is 5.11. The molecule has 0 aliphatic heterocycles. The first-order valence-electron chi connectivity index (χ1n) is 7.08. The van der Waals surface area contributed by atoms with Gasteiger partial charge in [0.05, 0.1) is 22.7 Å². The number of hydrogen-bond donors (Lipinski definition) is 1. The van der Waals surface area contributed by atoms with E-state index >= 15 is 0 Å². The molecule has 3 rings (SSSR count). The zero-order valence-corrected chi connectivity index (χ0v) is 14.0. The van der Waals surface area contributed by atoms with Crippen molar-refractivity contribution in [3.63, 3.8) is 0 Å². The second kappa shape index (κ2) is 7.21.